The van der Waals surface area contributed by atoms with Crippen molar-refractivity contribution in [3.8, 4) is 5.75 Å². The zero-order chi connectivity index (χ0) is 17.0. The summed E-state index contributed by atoms with van der Waals surface area (Å²) in [4.78, 5) is 0.254. The number of hydrogen-bond donors (Lipinski definition) is 1. The van der Waals surface area contributed by atoms with Crippen molar-refractivity contribution in [1.82, 2.24) is 4.72 Å². The Hall–Kier alpha value is -1.37. The Labute approximate surface area is 146 Å². The standard InChI is InChI=1S/C17H20BrNO3S/c1-4-16(13-5-10-17(22-3)12(2)11-13)19-23(20,21)15-8-6-14(18)7-9-15/h5-11,16,19H,4H2,1-3H3. The molecule has 0 bridgehead atoms. The summed E-state index contributed by atoms with van der Waals surface area (Å²) < 4.78 is 34.0. The van der Waals surface area contributed by atoms with Gasteiger partial charge in [-0.2, -0.15) is 0 Å². The number of rotatable bonds is 6. The lowest BCUT2D eigenvalue weighted by Gasteiger charge is -2.19. The maximum Gasteiger partial charge on any atom is 0.241 e. The monoisotopic (exact) mass is 397 g/mol. The number of aryl methyl sites for hydroxylation is 1. The predicted octanol–water partition coefficient (Wildman–Crippen LogP) is 4.20. The van der Waals surface area contributed by atoms with Gasteiger partial charge in [0.15, 0.2) is 0 Å². The molecule has 0 aromatic heterocycles. The van der Waals surface area contributed by atoms with Gasteiger partial charge < -0.3 is 4.74 Å². The minimum absolute atomic E-state index is 0.254. The molecule has 2 aromatic rings. The molecule has 2 aromatic carbocycles. The number of sulfonamides is 1. The molecule has 0 aliphatic heterocycles. The van der Waals surface area contributed by atoms with Crippen molar-refractivity contribution < 1.29 is 13.2 Å². The molecule has 1 N–H and O–H groups in total. The molecule has 0 aliphatic carbocycles. The van der Waals surface area contributed by atoms with Crippen LogP contribution in [0.1, 0.15) is 30.5 Å². The Morgan fingerprint density at radius 1 is 1.17 bits per heavy atom. The first kappa shape index (κ1) is 18.0. The van der Waals surface area contributed by atoms with Crippen molar-refractivity contribution in [1.29, 1.82) is 0 Å². The van der Waals surface area contributed by atoms with Crippen molar-refractivity contribution in [2.75, 3.05) is 7.11 Å². The van der Waals surface area contributed by atoms with Gasteiger partial charge in [0.05, 0.1) is 12.0 Å². The van der Waals surface area contributed by atoms with Crippen LogP contribution in [0.2, 0.25) is 0 Å². The van der Waals surface area contributed by atoms with Gasteiger partial charge in [0.2, 0.25) is 10.0 Å². The molecule has 124 valence electrons. The van der Waals surface area contributed by atoms with Gasteiger partial charge in [-0.3, -0.25) is 0 Å². The Morgan fingerprint density at radius 3 is 2.35 bits per heavy atom. The summed E-state index contributed by atoms with van der Waals surface area (Å²) in [5, 5.41) is 0. The lowest BCUT2D eigenvalue weighted by Crippen LogP contribution is -2.28. The molecular weight excluding hydrogens is 378 g/mol. The fourth-order valence-electron chi connectivity index (χ4n) is 2.37. The lowest BCUT2D eigenvalue weighted by molar-refractivity contribution is 0.411. The van der Waals surface area contributed by atoms with Crippen LogP contribution in [0.5, 0.6) is 5.75 Å². The number of ether oxygens (including phenoxy) is 1. The quantitative estimate of drug-likeness (QED) is 0.794. The minimum Gasteiger partial charge on any atom is -0.496 e. The van der Waals surface area contributed by atoms with Crippen LogP contribution in [0.4, 0.5) is 0 Å². The Balaban J connectivity index is 2.28. The Kier molecular flexibility index (Phi) is 5.84. The van der Waals surface area contributed by atoms with Crippen molar-refractivity contribution in [2.24, 2.45) is 0 Å². The molecule has 0 fully saturated rings. The van der Waals surface area contributed by atoms with Gasteiger partial charge in [-0.05, 0) is 54.8 Å². The van der Waals surface area contributed by atoms with E-state index in [2.05, 4.69) is 20.7 Å². The smallest absolute Gasteiger partial charge is 0.241 e. The summed E-state index contributed by atoms with van der Waals surface area (Å²) in [5.41, 5.74) is 1.90. The van der Waals surface area contributed by atoms with E-state index in [1.165, 1.54) is 0 Å². The number of methoxy groups -OCH3 is 1. The van der Waals surface area contributed by atoms with Gasteiger partial charge in [-0.25, -0.2) is 13.1 Å². The third-order valence-electron chi connectivity index (χ3n) is 3.65. The van der Waals surface area contributed by atoms with E-state index in [1.807, 2.05) is 32.0 Å². The van der Waals surface area contributed by atoms with Crippen LogP contribution >= 0.6 is 15.9 Å². The summed E-state index contributed by atoms with van der Waals surface area (Å²) in [6.07, 6.45) is 0.654. The van der Waals surface area contributed by atoms with Gasteiger partial charge in [0.1, 0.15) is 5.75 Å². The molecule has 0 aliphatic rings. The zero-order valence-electron chi connectivity index (χ0n) is 13.3. The van der Waals surface area contributed by atoms with Crippen LogP contribution in [0.25, 0.3) is 0 Å². The molecular formula is C17H20BrNO3S. The van der Waals surface area contributed by atoms with Crippen LogP contribution in [0, 0.1) is 6.92 Å². The van der Waals surface area contributed by atoms with Crippen molar-refractivity contribution >= 4 is 26.0 Å². The van der Waals surface area contributed by atoms with E-state index < -0.39 is 10.0 Å². The van der Waals surface area contributed by atoms with Crippen molar-refractivity contribution in [2.45, 2.75) is 31.2 Å². The molecule has 23 heavy (non-hydrogen) atoms. The van der Waals surface area contributed by atoms with Crippen LogP contribution in [0.3, 0.4) is 0 Å². The van der Waals surface area contributed by atoms with E-state index in [9.17, 15) is 8.42 Å². The molecule has 0 radical (unpaired) electrons. The summed E-state index contributed by atoms with van der Waals surface area (Å²) in [5.74, 6) is 0.791. The molecule has 0 saturated carbocycles. The highest BCUT2D eigenvalue weighted by Crippen LogP contribution is 2.26. The van der Waals surface area contributed by atoms with Gasteiger partial charge in [-0.15, -0.1) is 0 Å². The predicted molar refractivity (Wildman–Crippen MR) is 95.2 cm³/mol. The summed E-state index contributed by atoms with van der Waals surface area (Å²) >= 11 is 3.31. The molecule has 0 spiro atoms. The van der Waals surface area contributed by atoms with Crippen LogP contribution in [-0.4, -0.2) is 15.5 Å². The topological polar surface area (TPSA) is 55.4 Å². The number of halogens is 1. The van der Waals surface area contributed by atoms with Crippen molar-refractivity contribution in [3.63, 3.8) is 0 Å². The summed E-state index contributed by atoms with van der Waals surface area (Å²) in [7, 11) is -1.95. The van der Waals surface area contributed by atoms with Gasteiger partial charge >= 0.3 is 0 Å². The maximum absolute atomic E-state index is 12.5. The number of nitrogens with one attached hydrogen (secondary N) is 1. The first-order valence-electron chi connectivity index (χ1n) is 7.30. The Morgan fingerprint density at radius 2 is 1.83 bits per heavy atom. The third-order valence-corrected chi connectivity index (χ3v) is 5.67. The van der Waals surface area contributed by atoms with Crippen LogP contribution in [0.15, 0.2) is 51.8 Å². The molecule has 0 heterocycles. The van der Waals surface area contributed by atoms with Gasteiger partial charge in [0, 0.05) is 10.5 Å². The Bertz CT molecular complexity index is 773. The van der Waals surface area contributed by atoms with E-state index in [0.29, 0.717) is 6.42 Å². The van der Waals surface area contributed by atoms with E-state index >= 15 is 0 Å². The number of benzene rings is 2. The minimum atomic E-state index is -3.57. The highest BCUT2D eigenvalue weighted by Gasteiger charge is 2.20. The van der Waals surface area contributed by atoms with Crippen molar-refractivity contribution in [3.05, 3.63) is 58.1 Å². The van der Waals surface area contributed by atoms with Gasteiger partial charge in [-0.1, -0.05) is 35.0 Å². The molecule has 0 saturated heterocycles. The lowest BCUT2D eigenvalue weighted by atomic mass is 10.0. The summed E-state index contributed by atoms with van der Waals surface area (Å²) in [6.45, 7) is 3.90. The second kappa shape index (κ2) is 7.47. The fraction of sp³-hybridized carbons (Fsp3) is 0.294. The first-order chi connectivity index (χ1) is 10.9. The molecule has 1 unspecified atom stereocenters. The molecule has 2 rings (SSSR count). The van der Waals surface area contributed by atoms with Crippen LogP contribution in [-0.2, 0) is 10.0 Å². The van der Waals surface area contributed by atoms with Crippen LogP contribution < -0.4 is 9.46 Å². The SMILES string of the molecule is CCC(NS(=O)(=O)c1ccc(Br)cc1)c1ccc(OC)c(C)c1. The van der Waals surface area contributed by atoms with E-state index in [1.54, 1.807) is 31.4 Å². The van der Waals surface area contributed by atoms with E-state index in [-0.39, 0.29) is 10.9 Å². The second-order valence-electron chi connectivity index (χ2n) is 5.27. The van der Waals surface area contributed by atoms with E-state index in [4.69, 9.17) is 4.74 Å². The summed E-state index contributed by atoms with van der Waals surface area (Å²) in [6, 6.07) is 12.0. The molecule has 4 nitrogen and oxygen atoms in total. The third kappa shape index (κ3) is 4.34. The molecule has 6 heteroatoms. The average molecular weight is 398 g/mol. The van der Waals surface area contributed by atoms with Gasteiger partial charge in [0.25, 0.3) is 0 Å². The average Bonchev–Trinajstić information content (AvgIpc) is 2.53. The molecule has 1 atom stereocenters. The second-order valence-corrected chi connectivity index (χ2v) is 7.89. The molecule has 0 amide bonds. The normalized spacial score (nSPS) is 12.9. The number of hydrogen-bond acceptors (Lipinski definition) is 3. The first-order valence-corrected chi connectivity index (χ1v) is 9.57. The largest absolute Gasteiger partial charge is 0.496 e. The van der Waals surface area contributed by atoms with E-state index in [0.717, 1.165) is 21.3 Å². The maximum atomic E-state index is 12.5. The fourth-order valence-corrected chi connectivity index (χ4v) is 3.95. The highest BCUT2D eigenvalue weighted by molar-refractivity contribution is 9.10. The zero-order valence-corrected chi connectivity index (χ0v) is 15.7. The highest BCUT2D eigenvalue weighted by atomic mass is 79.9.